The molecule has 122 valence electrons. The van der Waals surface area contributed by atoms with Crippen molar-refractivity contribution in [3.05, 3.63) is 73.3 Å². The van der Waals surface area contributed by atoms with E-state index >= 15 is 0 Å². The second-order valence-electron chi connectivity index (χ2n) is 5.98. The monoisotopic (exact) mass is 327 g/mol. The molecule has 24 heavy (non-hydrogen) atoms. The van der Waals surface area contributed by atoms with Crippen LogP contribution in [0.3, 0.4) is 0 Å². The van der Waals surface area contributed by atoms with Gasteiger partial charge in [-0.05, 0) is 30.5 Å². The van der Waals surface area contributed by atoms with Crippen LogP contribution in [0.15, 0.2) is 45.1 Å². The number of halogens is 1. The zero-order valence-electron chi connectivity index (χ0n) is 12.6. The van der Waals surface area contributed by atoms with Crippen LogP contribution in [0, 0.1) is 5.82 Å². The minimum Gasteiger partial charge on any atom is -0.344 e. The van der Waals surface area contributed by atoms with Crippen molar-refractivity contribution < 1.29 is 9.18 Å². The third kappa shape index (κ3) is 2.20. The van der Waals surface area contributed by atoms with E-state index in [1.54, 1.807) is 12.1 Å². The molecule has 0 saturated heterocycles. The maximum Gasteiger partial charge on any atom is 0.327 e. The van der Waals surface area contributed by atoms with E-state index in [9.17, 15) is 18.8 Å². The minimum absolute atomic E-state index is 0.0330. The van der Waals surface area contributed by atoms with E-state index in [4.69, 9.17) is 0 Å². The number of hydrogen-bond acceptors (Lipinski definition) is 4. The Balaban J connectivity index is 2.01. The highest BCUT2D eigenvalue weighted by molar-refractivity contribution is 6.00. The molecule has 4 rings (SSSR count). The lowest BCUT2D eigenvalue weighted by molar-refractivity contribution is -0.116. The quantitative estimate of drug-likeness (QED) is 0.744. The van der Waals surface area contributed by atoms with E-state index in [1.165, 1.54) is 12.1 Å². The number of fused-ring (bicyclic) bond motifs is 1. The maximum atomic E-state index is 13.3. The molecule has 2 aromatic rings. The number of benzene rings is 1. The molecule has 0 bridgehead atoms. The van der Waals surface area contributed by atoms with Crippen molar-refractivity contribution in [2.45, 2.75) is 25.2 Å². The first-order chi connectivity index (χ1) is 11.5. The van der Waals surface area contributed by atoms with Gasteiger partial charge in [0, 0.05) is 23.6 Å². The molecule has 1 aliphatic carbocycles. The van der Waals surface area contributed by atoms with Crippen molar-refractivity contribution in [3.8, 4) is 0 Å². The van der Waals surface area contributed by atoms with Crippen LogP contribution in [0.5, 0.6) is 0 Å². The molecular weight excluding hydrogens is 313 g/mol. The molecule has 7 heteroatoms. The molecule has 1 aromatic carbocycles. The van der Waals surface area contributed by atoms with Gasteiger partial charge in [-0.25, -0.2) is 9.18 Å². The smallest absolute Gasteiger partial charge is 0.327 e. The summed E-state index contributed by atoms with van der Waals surface area (Å²) in [4.78, 5) is 41.3. The first kappa shape index (κ1) is 14.6. The molecule has 0 radical (unpaired) electrons. The minimum atomic E-state index is -0.620. The zero-order valence-corrected chi connectivity index (χ0v) is 12.6. The number of H-pyrrole nitrogens is 2. The number of allylic oxidation sites excluding steroid dienone is 2. The summed E-state index contributed by atoms with van der Waals surface area (Å²) < 4.78 is 13.3. The average Bonchev–Trinajstić information content (AvgIpc) is 2.54. The third-order valence-corrected chi connectivity index (χ3v) is 4.49. The SMILES string of the molecule is O=C1CCCC2=C1[C@H](c1ccc(F)cc1)c1c([nH]c(=O)[nH]c1=O)N2. The predicted octanol–water partition coefficient (Wildman–Crippen LogP) is 1.77. The van der Waals surface area contributed by atoms with Crippen molar-refractivity contribution in [3.63, 3.8) is 0 Å². The van der Waals surface area contributed by atoms with E-state index in [0.717, 1.165) is 0 Å². The highest BCUT2D eigenvalue weighted by atomic mass is 19.1. The summed E-state index contributed by atoms with van der Waals surface area (Å²) in [6.45, 7) is 0. The van der Waals surface area contributed by atoms with E-state index in [-0.39, 0.29) is 11.3 Å². The number of anilines is 1. The Morgan fingerprint density at radius 1 is 1.00 bits per heavy atom. The molecule has 0 fully saturated rings. The number of Topliss-reactive ketones (excluding diaryl/α,β-unsaturated/α-hetero) is 1. The summed E-state index contributed by atoms with van der Waals surface area (Å²) in [7, 11) is 0. The van der Waals surface area contributed by atoms with E-state index in [0.29, 0.717) is 41.9 Å². The molecule has 2 aliphatic rings. The van der Waals surface area contributed by atoms with Gasteiger partial charge in [0.15, 0.2) is 5.78 Å². The van der Waals surface area contributed by atoms with Crippen LogP contribution in [0.2, 0.25) is 0 Å². The molecule has 1 aromatic heterocycles. The van der Waals surface area contributed by atoms with Gasteiger partial charge >= 0.3 is 5.69 Å². The van der Waals surface area contributed by atoms with Crippen molar-refractivity contribution in [1.29, 1.82) is 0 Å². The standard InChI is InChI=1S/C17H14FN3O3/c18-9-6-4-8(5-7-9)12-13-10(2-1-3-11(13)22)19-15-14(12)16(23)21-17(24)20-15/h4-7,12H,1-3H2,(H3,19,20,21,23,24)/t12-/m0/s1. The van der Waals surface area contributed by atoms with Crippen LogP contribution in [-0.2, 0) is 4.79 Å². The molecule has 1 atom stereocenters. The van der Waals surface area contributed by atoms with Crippen molar-refractivity contribution >= 4 is 11.6 Å². The number of aromatic nitrogens is 2. The molecule has 0 spiro atoms. The fraction of sp³-hybridized carbons (Fsp3) is 0.235. The van der Waals surface area contributed by atoms with Gasteiger partial charge in [-0.15, -0.1) is 0 Å². The molecule has 0 amide bonds. The summed E-state index contributed by atoms with van der Waals surface area (Å²) in [6, 6.07) is 5.72. The molecular formula is C17H14FN3O3. The lowest BCUT2D eigenvalue weighted by Crippen LogP contribution is -2.36. The third-order valence-electron chi connectivity index (χ3n) is 4.49. The maximum absolute atomic E-state index is 13.3. The molecule has 6 nitrogen and oxygen atoms in total. The fourth-order valence-electron chi connectivity index (χ4n) is 3.48. The summed E-state index contributed by atoms with van der Waals surface area (Å²) in [5, 5.41) is 3.03. The Kier molecular flexibility index (Phi) is 3.23. The largest absolute Gasteiger partial charge is 0.344 e. The highest BCUT2D eigenvalue weighted by Gasteiger charge is 2.37. The van der Waals surface area contributed by atoms with Gasteiger partial charge in [-0.3, -0.25) is 19.6 Å². The molecule has 1 aliphatic heterocycles. The van der Waals surface area contributed by atoms with Gasteiger partial charge in [0.1, 0.15) is 11.6 Å². The van der Waals surface area contributed by atoms with Crippen LogP contribution in [0.4, 0.5) is 10.2 Å². The van der Waals surface area contributed by atoms with Crippen LogP contribution in [-0.4, -0.2) is 15.8 Å². The number of aromatic amines is 2. The highest BCUT2D eigenvalue weighted by Crippen LogP contribution is 2.42. The number of ketones is 1. The lowest BCUT2D eigenvalue weighted by atomic mass is 9.76. The van der Waals surface area contributed by atoms with Crippen LogP contribution >= 0.6 is 0 Å². The molecule has 0 unspecified atom stereocenters. The number of nitrogens with one attached hydrogen (secondary N) is 3. The van der Waals surface area contributed by atoms with Gasteiger partial charge in [0.25, 0.3) is 5.56 Å². The number of hydrogen-bond donors (Lipinski definition) is 3. The second kappa shape index (κ2) is 5.30. The molecule has 0 saturated carbocycles. The Morgan fingerprint density at radius 2 is 1.75 bits per heavy atom. The summed E-state index contributed by atoms with van der Waals surface area (Å²) in [5.74, 6) is -0.751. The number of rotatable bonds is 1. The molecule has 2 heterocycles. The number of carbonyl (C=O) groups excluding carboxylic acids is 1. The Labute approximate surface area is 135 Å². The normalized spacial score (nSPS) is 19.5. The predicted molar refractivity (Wildman–Crippen MR) is 85.4 cm³/mol. The molecule has 3 N–H and O–H groups in total. The lowest BCUT2D eigenvalue weighted by Gasteiger charge is -2.32. The van der Waals surface area contributed by atoms with Gasteiger partial charge in [-0.2, -0.15) is 0 Å². The van der Waals surface area contributed by atoms with Crippen molar-refractivity contribution in [2.75, 3.05) is 5.32 Å². The first-order valence-corrected chi connectivity index (χ1v) is 7.70. The summed E-state index contributed by atoms with van der Waals surface area (Å²) in [6.07, 6.45) is 1.78. The van der Waals surface area contributed by atoms with E-state index in [2.05, 4.69) is 15.3 Å². The Morgan fingerprint density at radius 3 is 2.50 bits per heavy atom. The fourth-order valence-corrected chi connectivity index (χ4v) is 3.48. The summed E-state index contributed by atoms with van der Waals surface area (Å²) >= 11 is 0. The Bertz CT molecular complexity index is 985. The van der Waals surface area contributed by atoms with Gasteiger partial charge in [0.05, 0.1) is 5.56 Å². The average molecular weight is 327 g/mol. The van der Waals surface area contributed by atoms with Crippen LogP contribution in [0.1, 0.15) is 36.3 Å². The van der Waals surface area contributed by atoms with E-state index in [1.807, 2.05) is 0 Å². The first-order valence-electron chi connectivity index (χ1n) is 7.70. The number of carbonyl (C=O) groups is 1. The van der Waals surface area contributed by atoms with Gasteiger partial charge in [-0.1, -0.05) is 12.1 Å². The zero-order chi connectivity index (χ0) is 16.8. The van der Waals surface area contributed by atoms with Crippen LogP contribution in [0.25, 0.3) is 0 Å². The second-order valence-corrected chi connectivity index (χ2v) is 5.98. The van der Waals surface area contributed by atoms with Gasteiger partial charge in [0.2, 0.25) is 0 Å². The topological polar surface area (TPSA) is 94.8 Å². The van der Waals surface area contributed by atoms with E-state index < -0.39 is 23.0 Å². The Hall–Kier alpha value is -2.96. The van der Waals surface area contributed by atoms with Gasteiger partial charge < -0.3 is 5.32 Å². The van der Waals surface area contributed by atoms with Crippen molar-refractivity contribution in [1.82, 2.24) is 9.97 Å². The summed E-state index contributed by atoms with van der Waals surface area (Å²) in [5.41, 5.74) is 0.984. The van der Waals surface area contributed by atoms with Crippen molar-refractivity contribution in [2.24, 2.45) is 0 Å². The van der Waals surface area contributed by atoms with Crippen LogP contribution < -0.4 is 16.6 Å².